The highest BCUT2D eigenvalue weighted by molar-refractivity contribution is 8.16. The summed E-state index contributed by atoms with van der Waals surface area (Å²) >= 11 is 0.990. The van der Waals surface area contributed by atoms with Crippen molar-refractivity contribution in [1.29, 1.82) is 0 Å². The molecule has 1 aromatic carbocycles. The number of rotatable bonds is 8. The molecule has 0 spiro atoms. The van der Waals surface area contributed by atoms with Crippen molar-refractivity contribution in [2.24, 2.45) is 10.9 Å². The van der Waals surface area contributed by atoms with Crippen LogP contribution in [0.15, 0.2) is 51.6 Å². The molecule has 0 aromatic heterocycles. The van der Waals surface area contributed by atoms with Gasteiger partial charge < -0.3 is 19.7 Å². The maximum atomic E-state index is 14.1. The van der Waals surface area contributed by atoms with Crippen molar-refractivity contribution in [1.82, 2.24) is 10.2 Å². The Kier molecular flexibility index (Phi) is 7.16. The minimum Gasteiger partial charge on any atom is -0.497 e. The van der Waals surface area contributed by atoms with Crippen molar-refractivity contribution < 1.29 is 32.2 Å². The van der Waals surface area contributed by atoms with Crippen LogP contribution in [0.25, 0.3) is 0 Å². The third-order valence-corrected chi connectivity index (χ3v) is 6.59. The molecular weight excluding hydrogens is 483 g/mol. The number of amidine groups is 1. The van der Waals surface area contributed by atoms with E-state index < -0.39 is 35.6 Å². The van der Waals surface area contributed by atoms with E-state index in [1.807, 2.05) is 0 Å². The molecule has 0 saturated heterocycles. The molecule has 0 bridgehead atoms. The Bertz CT molecular complexity index is 1090. The Morgan fingerprint density at radius 3 is 2.49 bits per heavy atom. The lowest BCUT2D eigenvalue weighted by Crippen LogP contribution is -2.40. The quantitative estimate of drug-likeness (QED) is 0.513. The average Bonchev–Trinajstić information content (AvgIpc) is 3.55. The molecule has 1 N–H and O–H groups in total. The minimum absolute atomic E-state index is 0.0456. The van der Waals surface area contributed by atoms with Gasteiger partial charge in [-0.2, -0.15) is 13.2 Å². The number of aliphatic imine (C=N–C) groups is 1. The summed E-state index contributed by atoms with van der Waals surface area (Å²) in [5.74, 6) is -0.351. The lowest BCUT2D eigenvalue weighted by molar-refractivity contribution is -0.144. The van der Waals surface area contributed by atoms with Crippen LogP contribution in [0.5, 0.6) is 5.75 Å². The summed E-state index contributed by atoms with van der Waals surface area (Å²) in [4.78, 5) is 31.0. The van der Waals surface area contributed by atoms with Gasteiger partial charge in [0.25, 0.3) is 0 Å². The van der Waals surface area contributed by atoms with Gasteiger partial charge in [0, 0.05) is 12.2 Å². The number of allylic oxidation sites excluding steroid dienone is 1. The zero-order chi connectivity index (χ0) is 25.3. The second kappa shape index (κ2) is 9.96. The first kappa shape index (κ1) is 25.2. The molecule has 11 heteroatoms. The van der Waals surface area contributed by atoms with Gasteiger partial charge in [0.1, 0.15) is 5.75 Å². The van der Waals surface area contributed by atoms with Gasteiger partial charge >= 0.3 is 12.1 Å². The summed E-state index contributed by atoms with van der Waals surface area (Å²) < 4.78 is 52.8. The first-order valence-electron chi connectivity index (χ1n) is 11.2. The van der Waals surface area contributed by atoms with Gasteiger partial charge in [-0.05, 0) is 55.7 Å². The number of hydrogen-bond donors (Lipinski definition) is 1. The Balaban J connectivity index is 1.76. The van der Waals surface area contributed by atoms with Crippen LogP contribution in [-0.2, 0) is 14.3 Å². The average molecular weight is 510 g/mol. The van der Waals surface area contributed by atoms with E-state index in [0.717, 1.165) is 24.6 Å². The molecule has 3 aliphatic rings. The summed E-state index contributed by atoms with van der Waals surface area (Å²) in [7, 11) is 1.48. The minimum atomic E-state index is -4.89. The van der Waals surface area contributed by atoms with Gasteiger partial charge in [0.2, 0.25) is 5.91 Å². The number of thioether (sulfide) groups is 1. The number of carbonyl (C=O) groups is 2. The molecule has 1 atom stereocenters. The normalized spacial score (nSPS) is 19.9. The summed E-state index contributed by atoms with van der Waals surface area (Å²) in [5.41, 5.74) is -1.05. The summed E-state index contributed by atoms with van der Waals surface area (Å²) in [6.07, 6.45) is -3.43. The Labute approximate surface area is 205 Å². The number of nitrogens with one attached hydrogen (secondary N) is 1. The van der Waals surface area contributed by atoms with Crippen LogP contribution >= 0.6 is 11.8 Å². The fraction of sp³-hybridized carbons (Fsp3) is 0.458. The van der Waals surface area contributed by atoms with Crippen LogP contribution in [0.3, 0.4) is 0 Å². The molecule has 35 heavy (non-hydrogen) atoms. The van der Waals surface area contributed by atoms with E-state index in [9.17, 15) is 22.8 Å². The fourth-order valence-electron chi connectivity index (χ4n) is 3.87. The number of esters is 1. The molecule has 0 radical (unpaired) electrons. The van der Waals surface area contributed by atoms with Crippen LogP contribution in [0.4, 0.5) is 13.2 Å². The van der Waals surface area contributed by atoms with Crippen LogP contribution < -0.4 is 10.1 Å². The van der Waals surface area contributed by atoms with Crippen molar-refractivity contribution in [3.8, 4) is 5.75 Å². The van der Waals surface area contributed by atoms with Crippen LogP contribution in [0.2, 0.25) is 0 Å². The van der Waals surface area contributed by atoms with E-state index in [1.54, 1.807) is 43.5 Å². The molecular formula is C24H26F3N3O4S. The number of methoxy groups -OCH3 is 1. The monoisotopic (exact) mass is 509 g/mol. The number of benzene rings is 1. The van der Waals surface area contributed by atoms with E-state index in [4.69, 9.17) is 9.47 Å². The number of ether oxygens (including phenoxy) is 2. The predicted molar refractivity (Wildman–Crippen MR) is 125 cm³/mol. The lowest BCUT2D eigenvalue weighted by Gasteiger charge is -2.37. The van der Waals surface area contributed by atoms with Crippen molar-refractivity contribution in [2.45, 2.75) is 51.4 Å². The molecule has 1 fully saturated rings. The van der Waals surface area contributed by atoms with E-state index in [2.05, 4.69) is 10.3 Å². The van der Waals surface area contributed by atoms with E-state index in [0.29, 0.717) is 29.5 Å². The number of hydrogen-bond acceptors (Lipinski definition) is 7. The molecule has 4 rings (SSSR count). The smallest absolute Gasteiger partial charge is 0.434 e. The number of nitrogens with zero attached hydrogens (tertiary/aromatic N) is 2. The zero-order valence-electron chi connectivity index (χ0n) is 19.5. The largest absolute Gasteiger partial charge is 0.497 e. The molecule has 7 nitrogen and oxygen atoms in total. The zero-order valence-corrected chi connectivity index (χ0v) is 20.3. The van der Waals surface area contributed by atoms with Crippen molar-refractivity contribution >= 4 is 28.8 Å². The highest BCUT2D eigenvalue weighted by atomic mass is 32.2. The van der Waals surface area contributed by atoms with Crippen molar-refractivity contribution in [2.75, 3.05) is 13.7 Å². The number of alkyl halides is 3. The summed E-state index contributed by atoms with van der Waals surface area (Å²) in [6, 6.07) is 5.21. The Morgan fingerprint density at radius 2 is 1.91 bits per heavy atom. The predicted octanol–water partition coefficient (Wildman–Crippen LogP) is 4.68. The van der Waals surface area contributed by atoms with E-state index in [-0.39, 0.29) is 17.5 Å². The maximum absolute atomic E-state index is 14.1. The molecule has 1 aliphatic carbocycles. The van der Waals surface area contributed by atoms with Gasteiger partial charge in [-0.1, -0.05) is 23.9 Å². The highest BCUT2D eigenvalue weighted by Gasteiger charge is 2.49. The standard InChI is InChI=1S/C24H26F3N3O4S/c1-13(2)34-22(32)19-20(15-6-8-17(33-3)9-7-15)30-16(10-18(31)28-11-14-4-5-14)12-35-23(30)29-21(19)24(25,26)27/h6-9,12-14,20H,4-5,10-11H2,1-3H3,(H,28,31). The Morgan fingerprint density at radius 1 is 1.23 bits per heavy atom. The molecule has 1 amide bonds. The second-order valence-electron chi connectivity index (χ2n) is 8.81. The third kappa shape index (κ3) is 5.66. The number of amides is 1. The van der Waals surface area contributed by atoms with Crippen molar-refractivity contribution in [3.63, 3.8) is 0 Å². The molecule has 1 aromatic rings. The van der Waals surface area contributed by atoms with E-state index >= 15 is 0 Å². The van der Waals surface area contributed by atoms with Gasteiger partial charge in [0.05, 0.1) is 31.2 Å². The fourth-order valence-corrected chi connectivity index (χ4v) is 4.78. The molecule has 2 heterocycles. The van der Waals surface area contributed by atoms with E-state index in [1.165, 1.54) is 12.0 Å². The maximum Gasteiger partial charge on any atom is 0.434 e. The SMILES string of the molecule is COc1ccc(C2C(C(=O)OC(C)C)=C(C(F)(F)F)N=C3SC=C(CC(=O)NCC4CC4)N32)cc1. The molecule has 1 unspecified atom stereocenters. The van der Waals surface area contributed by atoms with Gasteiger partial charge in [-0.3, -0.25) is 4.79 Å². The van der Waals surface area contributed by atoms with Gasteiger partial charge in [0.15, 0.2) is 10.9 Å². The molecule has 2 aliphatic heterocycles. The molecule has 1 saturated carbocycles. The third-order valence-electron chi connectivity index (χ3n) is 5.70. The Hall–Kier alpha value is -2.95. The van der Waals surface area contributed by atoms with Gasteiger partial charge in [-0.25, -0.2) is 9.79 Å². The first-order chi connectivity index (χ1) is 16.6. The van der Waals surface area contributed by atoms with Crippen molar-refractivity contribution in [3.05, 3.63) is 52.2 Å². The highest BCUT2D eigenvalue weighted by Crippen LogP contribution is 2.48. The number of carbonyl (C=O) groups excluding carboxylic acids is 2. The van der Waals surface area contributed by atoms with Crippen LogP contribution in [0, 0.1) is 5.92 Å². The number of fused-ring (bicyclic) bond motifs is 1. The second-order valence-corrected chi connectivity index (χ2v) is 9.64. The number of halogens is 3. The summed E-state index contributed by atoms with van der Waals surface area (Å²) in [6.45, 7) is 3.70. The van der Waals surface area contributed by atoms with Crippen LogP contribution in [-0.4, -0.2) is 47.9 Å². The first-order valence-corrected chi connectivity index (χ1v) is 12.1. The topological polar surface area (TPSA) is 80.2 Å². The summed E-state index contributed by atoms with van der Waals surface area (Å²) in [5, 5.41) is 4.53. The van der Waals surface area contributed by atoms with Gasteiger partial charge in [-0.15, -0.1) is 0 Å². The molecule has 188 valence electrons. The lowest BCUT2D eigenvalue weighted by atomic mass is 9.93. The van der Waals surface area contributed by atoms with Crippen LogP contribution in [0.1, 0.15) is 44.7 Å².